The molecule has 0 radical (unpaired) electrons. The van der Waals surface area contributed by atoms with Gasteiger partial charge in [0.15, 0.2) is 0 Å². The van der Waals surface area contributed by atoms with Crippen molar-refractivity contribution in [3.63, 3.8) is 0 Å². The first-order valence-electron chi connectivity index (χ1n) is 12.7. The summed E-state index contributed by atoms with van der Waals surface area (Å²) in [6, 6.07) is 3.46. The van der Waals surface area contributed by atoms with E-state index in [0.29, 0.717) is 39.2 Å². The molecule has 1 aromatic heterocycles. The molecule has 1 fully saturated rings. The van der Waals surface area contributed by atoms with Gasteiger partial charge in [0, 0.05) is 6.61 Å². The number of nitrogens with zero attached hydrogens (tertiary/aromatic N) is 3. The van der Waals surface area contributed by atoms with Crippen LogP contribution < -0.4 is 19.7 Å². The maximum atomic E-state index is 13.3. The number of halogens is 3. The van der Waals surface area contributed by atoms with E-state index in [-0.39, 0.29) is 33.5 Å². The Balaban J connectivity index is 1.76. The molecule has 1 aromatic carbocycles. The molecule has 2 aromatic rings. The van der Waals surface area contributed by atoms with Crippen molar-refractivity contribution in [2.75, 3.05) is 31.2 Å². The van der Waals surface area contributed by atoms with E-state index in [1.807, 2.05) is 6.92 Å². The number of benzene rings is 1. The number of aliphatic carboxylic acids is 2. The van der Waals surface area contributed by atoms with Gasteiger partial charge >= 0.3 is 221 Å². The number of hydrogen-bond donors (Lipinski definition) is 2. The summed E-state index contributed by atoms with van der Waals surface area (Å²) in [6.45, 7) is 2.33. The summed E-state index contributed by atoms with van der Waals surface area (Å²) in [5.41, 5.74) is -0.876. The van der Waals surface area contributed by atoms with Gasteiger partial charge in [-0.25, -0.2) is 0 Å². The fourth-order valence-electron chi connectivity index (χ4n) is 4.17. The topological polar surface area (TPSA) is 129 Å². The Morgan fingerprint density at radius 2 is 1.81 bits per heavy atom. The molecule has 4 rings (SSSR count). The van der Waals surface area contributed by atoms with Crippen LogP contribution in [0, 0.1) is 0 Å². The molecule has 0 unspecified atom stereocenters. The van der Waals surface area contributed by atoms with E-state index in [0.717, 1.165) is 51.6 Å². The number of alkyl halides is 3. The molecule has 2 aliphatic heterocycles. The van der Waals surface area contributed by atoms with Crippen LogP contribution in [-0.2, 0) is 31.8 Å². The van der Waals surface area contributed by atoms with Crippen LogP contribution in [0.2, 0.25) is 0 Å². The van der Waals surface area contributed by atoms with Crippen LogP contribution in [-0.4, -0.2) is 83.3 Å². The number of rotatable bonds is 11. The van der Waals surface area contributed by atoms with Crippen LogP contribution in [0.5, 0.6) is 0 Å². The summed E-state index contributed by atoms with van der Waals surface area (Å²) < 4.78 is 47.2. The first-order chi connectivity index (χ1) is 20.3. The zero-order valence-electron chi connectivity index (χ0n) is 22.4. The molecular weight excluding hydrogens is 698 g/mol. The molecule has 0 atom stereocenters. The Hall–Kier alpha value is -2.82. The molecule has 43 heavy (non-hydrogen) atoms. The van der Waals surface area contributed by atoms with Gasteiger partial charge in [0.25, 0.3) is 0 Å². The molecule has 0 saturated carbocycles. The normalized spacial score (nSPS) is 17.9. The number of carboxylic acid groups (broad SMARTS) is 2. The average Bonchev–Trinajstić information content (AvgIpc) is 3.53. The Bertz CT molecular complexity index is 1690. The third-order valence-electron chi connectivity index (χ3n) is 6.12. The number of thiazole rings is 1. The van der Waals surface area contributed by atoms with E-state index >= 15 is 0 Å². The van der Waals surface area contributed by atoms with Gasteiger partial charge in [-0.3, -0.25) is 0 Å². The SMILES string of the molecule is CCOCCN1C(=CC=c2s/c(=C3\SC(=[Se])N(CCCC(=O)O)C3=O)n(CC(=O)O)c2=O)Sc2cc(C(F)(F)F)ccc21. The molecule has 17 heteroatoms. The second kappa shape index (κ2) is 13.9. The Kier molecular flexibility index (Phi) is 10.7. The van der Waals surface area contributed by atoms with Crippen molar-refractivity contribution in [1.29, 1.82) is 0 Å². The van der Waals surface area contributed by atoms with Crippen LogP contribution >= 0.6 is 34.9 Å². The molecule has 230 valence electrons. The van der Waals surface area contributed by atoms with Crippen LogP contribution in [0.3, 0.4) is 0 Å². The van der Waals surface area contributed by atoms with Gasteiger partial charge in [-0.15, -0.1) is 0 Å². The summed E-state index contributed by atoms with van der Waals surface area (Å²) in [4.78, 5) is 52.7. The molecule has 0 bridgehead atoms. The molecule has 2 aliphatic rings. The van der Waals surface area contributed by atoms with Gasteiger partial charge in [-0.2, -0.15) is 13.2 Å². The predicted molar refractivity (Wildman–Crippen MR) is 159 cm³/mol. The van der Waals surface area contributed by atoms with Crippen molar-refractivity contribution in [3.8, 4) is 0 Å². The number of carbonyl (C=O) groups excluding carboxylic acids is 1. The summed E-state index contributed by atoms with van der Waals surface area (Å²) in [7, 11) is 0. The number of aromatic nitrogens is 1. The van der Waals surface area contributed by atoms with E-state index in [2.05, 4.69) is 15.6 Å². The van der Waals surface area contributed by atoms with E-state index in [1.54, 1.807) is 11.0 Å². The minimum atomic E-state index is -4.51. The number of hydrogen-bond acceptors (Lipinski definition) is 9. The first kappa shape index (κ1) is 33.1. The number of ether oxygens (including phenoxy) is 1. The quantitative estimate of drug-likeness (QED) is 0.263. The molecule has 0 spiro atoms. The van der Waals surface area contributed by atoms with Crippen LogP contribution in [0.1, 0.15) is 25.3 Å². The number of thioether (sulfide) groups is 2. The predicted octanol–water partition coefficient (Wildman–Crippen LogP) is 2.09. The average molecular weight is 723 g/mol. The van der Waals surface area contributed by atoms with Gasteiger partial charge in [-0.05, 0) is 13.0 Å². The second-order valence-electron chi connectivity index (χ2n) is 9.01. The summed E-state index contributed by atoms with van der Waals surface area (Å²) in [5, 5.41) is 18.9. The molecule has 1 amide bonds. The van der Waals surface area contributed by atoms with Crippen molar-refractivity contribution in [3.05, 3.63) is 54.4 Å². The fourth-order valence-corrected chi connectivity index (χ4v) is 8.28. The minimum absolute atomic E-state index is 0.118. The van der Waals surface area contributed by atoms with Crippen molar-refractivity contribution < 1.29 is 42.5 Å². The number of carboxylic acids is 2. The van der Waals surface area contributed by atoms with Gasteiger partial charge in [-0.1, -0.05) is 0 Å². The third-order valence-corrected chi connectivity index (χ3v) is 10.5. The van der Waals surface area contributed by atoms with E-state index in [9.17, 15) is 37.5 Å². The van der Waals surface area contributed by atoms with Crippen LogP contribution in [0.25, 0.3) is 11.0 Å². The number of amides is 1. The van der Waals surface area contributed by atoms with Crippen LogP contribution in [0.4, 0.5) is 18.9 Å². The van der Waals surface area contributed by atoms with Crippen molar-refractivity contribution in [2.24, 2.45) is 0 Å². The molecular formula is C26H24F3N3O7S3Se. The number of fused-ring (bicyclic) bond motifs is 1. The van der Waals surface area contributed by atoms with Gasteiger partial charge < -0.3 is 4.74 Å². The number of carbonyl (C=O) groups is 3. The van der Waals surface area contributed by atoms with Gasteiger partial charge in [0.2, 0.25) is 0 Å². The summed E-state index contributed by atoms with van der Waals surface area (Å²) in [5.74, 6) is -2.79. The molecule has 3 heterocycles. The number of allylic oxidation sites excluding steroid dienone is 1. The molecule has 2 N–H and O–H groups in total. The second-order valence-corrected chi connectivity index (χ2v) is 13.5. The molecule has 10 nitrogen and oxygen atoms in total. The van der Waals surface area contributed by atoms with Gasteiger partial charge in [0.05, 0.1) is 5.56 Å². The Morgan fingerprint density at radius 3 is 2.47 bits per heavy atom. The van der Waals surface area contributed by atoms with Crippen molar-refractivity contribution in [1.82, 2.24) is 9.47 Å². The fraction of sp³-hybridized carbons (Fsp3) is 0.346. The standard InChI is InChI=1S/C26H24F3N3O7S3Se/c1-2-39-11-10-30-15-6-5-14(26(27,28)29)12-17(15)40-18(30)8-7-16-22(37)32(13-20(35)36)24(41-16)21-23(38)31(25(43)42-21)9-3-4-19(33)34/h5-8,12H,2-4,9-11,13H2,1H3,(H,33,34)(H,35,36)/b16-7?,18-8?,24-21-. The first-order valence-corrected chi connectivity index (χ1v) is 16.0. The van der Waals surface area contributed by atoms with E-state index in [1.165, 1.54) is 17.0 Å². The number of anilines is 1. The third kappa shape index (κ3) is 7.64. The van der Waals surface area contributed by atoms with E-state index in [4.69, 9.17) is 9.84 Å². The monoisotopic (exact) mass is 723 g/mol. The van der Waals surface area contributed by atoms with Gasteiger partial charge in [0.1, 0.15) is 0 Å². The van der Waals surface area contributed by atoms with E-state index < -0.39 is 41.7 Å². The zero-order chi connectivity index (χ0) is 31.5. The zero-order valence-corrected chi connectivity index (χ0v) is 26.5. The molecule has 1 saturated heterocycles. The maximum absolute atomic E-state index is 13.3. The Labute approximate surface area is 262 Å². The Morgan fingerprint density at radius 1 is 1.07 bits per heavy atom. The molecule has 0 aliphatic carbocycles. The van der Waals surface area contributed by atoms with Crippen LogP contribution in [0.15, 0.2) is 39.0 Å². The van der Waals surface area contributed by atoms with Crippen molar-refractivity contribution >= 4 is 88.8 Å². The summed E-state index contributed by atoms with van der Waals surface area (Å²) >= 11 is 5.80. The summed E-state index contributed by atoms with van der Waals surface area (Å²) in [6.07, 6.45) is -1.43. The van der Waals surface area contributed by atoms with Crippen molar-refractivity contribution in [2.45, 2.75) is 37.4 Å².